The van der Waals surface area contributed by atoms with Gasteiger partial charge in [0.25, 0.3) is 0 Å². The lowest BCUT2D eigenvalue weighted by molar-refractivity contribution is -0.142. The van der Waals surface area contributed by atoms with Crippen molar-refractivity contribution in [2.24, 2.45) is 0 Å². The molecule has 0 fully saturated rings. The quantitative estimate of drug-likeness (QED) is 0.320. The Balaban J connectivity index is 2.01. The van der Waals surface area contributed by atoms with Gasteiger partial charge < -0.3 is 19.0 Å². The molecule has 1 heterocycles. The fraction of sp³-hybridized carbons (Fsp3) is 0.556. The summed E-state index contributed by atoms with van der Waals surface area (Å²) in [6.45, 7) is 5.78. The number of amides is 2. The number of carbonyl (C=O) groups excluding carboxylic acids is 2. The molecule has 33 heavy (non-hydrogen) atoms. The van der Waals surface area contributed by atoms with Gasteiger partial charge in [0.1, 0.15) is 11.5 Å². The van der Waals surface area contributed by atoms with Gasteiger partial charge in [-0.25, -0.2) is 0 Å². The third-order valence-electron chi connectivity index (χ3n) is 5.70. The Hall–Kier alpha value is -2.60. The number of hydrogen-bond acceptors (Lipinski definition) is 4. The van der Waals surface area contributed by atoms with E-state index in [4.69, 9.17) is 9.15 Å². The van der Waals surface area contributed by atoms with Crippen molar-refractivity contribution in [1.82, 2.24) is 9.80 Å². The number of carbonyl (C=O) groups is 2. The third kappa shape index (κ3) is 10.3. The standard InChI is InChI=1S/C27H40N2O4/c1-4-5-6-7-8-12-15-26(30)28(18-19-32-3)22-27(31)29(20-24-13-10-9-11-14-24)21-25-17-16-23(2)33-25/h9-11,13-14,16-17H,4-8,12,15,18-22H2,1-3H3. The topological polar surface area (TPSA) is 63.0 Å². The summed E-state index contributed by atoms with van der Waals surface area (Å²) in [6, 6.07) is 13.7. The van der Waals surface area contributed by atoms with Gasteiger partial charge in [0.05, 0.1) is 19.7 Å². The van der Waals surface area contributed by atoms with Gasteiger partial charge in [0, 0.05) is 26.6 Å². The average Bonchev–Trinajstić information content (AvgIpc) is 3.23. The van der Waals surface area contributed by atoms with Gasteiger partial charge in [-0.1, -0.05) is 69.4 Å². The molecule has 0 bridgehead atoms. The first-order valence-electron chi connectivity index (χ1n) is 12.2. The minimum atomic E-state index is -0.0969. The first-order valence-corrected chi connectivity index (χ1v) is 12.2. The van der Waals surface area contributed by atoms with Crippen LogP contribution in [0.2, 0.25) is 0 Å². The van der Waals surface area contributed by atoms with Crippen LogP contribution in [0.4, 0.5) is 0 Å². The highest BCUT2D eigenvalue weighted by molar-refractivity contribution is 5.84. The van der Waals surface area contributed by atoms with Crippen molar-refractivity contribution in [2.45, 2.75) is 71.9 Å². The number of nitrogens with zero attached hydrogens (tertiary/aromatic N) is 2. The minimum Gasteiger partial charge on any atom is -0.464 e. The fourth-order valence-electron chi connectivity index (χ4n) is 3.77. The van der Waals surface area contributed by atoms with Crippen molar-refractivity contribution in [1.29, 1.82) is 0 Å². The Morgan fingerprint density at radius 2 is 1.61 bits per heavy atom. The van der Waals surface area contributed by atoms with Crippen molar-refractivity contribution < 1.29 is 18.7 Å². The Bertz CT molecular complexity index is 819. The number of aryl methyl sites for hydroxylation is 1. The molecule has 2 aromatic rings. The lowest BCUT2D eigenvalue weighted by Gasteiger charge is -2.27. The van der Waals surface area contributed by atoms with E-state index in [0.717, 1.165) is 36.3 Å². The second-order valence-electron chi connectivity index (χ2n) is 8.57. The van der Waals surface area contributed by atoms with Gasteiger partial charge >= 0.3 is 0 Å². The number of hydrogen-bond donors (Lipinski definition) is 0. The summed E-state index contributed by atoms with van der Waals surface area (Å²) >= 11 is 0. The van der Waals surface area contributed by atoms with E-state index >= 15 is 0 Å². The van der Waals surface area contributed by atoms with Gasteiger partial charge in [-0.15, -0.1) is 0 Å². The molecule has 6 nitrogen and oxygen atoms in total. The molecule has 1 aromatic carbocycles. The zero-order chi connectivity index (χ0) is 23.9. The van der Waals surface area contributed by atoms with Crippen molar-refractivity contribution in [3.05, 3.63) is 59.5 Å². The van der Waals surface area contributed by atoms with Crippen LogP contribution in [0, 0.1) is 6.92 Å². The molecule has 0 saturated heterocycles. The van der Waals surface area contributed by atoms with Crippen LogP contribution in [0.15, 0.2) is 46.9 Å². The van der Waals surface area contributed by atoms with E-state index in [1.165, 1.54) is 19.3 Å². The van der Waals surface area contributed by atoms with Gasteiger partial charge in [-0.3, -0.25) is 9.59 Å². The Morgan fingerprint density at radius 3 is 2.27 bits per heavy atom. The highest BCUT2D eigenvalue weighted by Crippen LogP contribution is 2.14. The van der Waals surface area contributed by atoms with Crippen molar-refractivity contribution in [3.63, 3.8) is 0 Å². The summed E-state index contributed by atoms with van der Waals surface area (Å²) in [5, 5.41) is 0. The summed E-state index contributed by atoms with van der Waals surface area (Å²) in [5.41, 5.74) is 1.04. The van der Waals surface area contributed by atoms with E-state index in [1.54, 1.807) is 16.9 Å². The second-order valence-corrected chi connectivity index (χ2v) is 8.57. The van der Waals surface area contributed by atoms with Crippen LogP contribution in [0.5, 0.6) is 0 Å². The molecule has 0 aliphatic carbocycles. The lowest BCUT2D eigenvalue weighted by Crippen LogP contribution is -2.43. The maximum atomic E-state index is 13.3. The fourth-order valence-corrected chi connectivity index (χ4v) is 3.77. The van der Waals surface area contributed by atoms with E-state index in [-0.39, 0.29) is 18.4 Å². The van der Waals surface area contributed by atoms with Crippen LogP contribution in [-0.2, 0) is 27.4 Å². The van der Waals surface area contributed by atoms with Crippen LogP contribution in [0.3, 0.4) is 0 Å². The first kappa shape index (κ1) is 26.7. The van der Waals surface area contributed by atoms with E-state index in [2.05, 4.69) is 6.92 Å². The molecule has 0 N–H and O–H groups in total. The Labute approximate surface area is 198 Å². The van der Waals surface area contributed by atoms with Crippen LogP contribution in [-0.4, -0.2) is 48.4 Å². The van der Waals surface area contributed by atoms with Crippen LogP contribution >= 0.6 is 0 Å². The number of furan rings is 1. The minimum absolute atomic E-state index is 0.0180. The highest BCUT2D eigenvalue weighted by Gasteiger charge is 2.22. The molecule has 0 spiro atoms. The Morgan fingerprint density at radius 1 is 0.879 bits per heavy atom. The molecule has 2 rings (SSSR count). The van der Waals surface area contributed by atoms with E-state index in [9.17, 15) is 9.59 Å². The zero-order valence-electron chi connectivity index (χ0n) is 20.6. The second kappa shape index (κ2) is 15.3. The molecule has 0 radical (unpaired) electrons. The van der Waals surface area contributed by atoms with Crippen molar-refractivity contribution >= 4 is 11.8 Å². The predicted molar refractivity (Wildman–Crippen MR) is 131 cm³/mol. The van der Waals surface area contributed by atoms with E-state index < -0.39 is 0 Å². The molecular weight excluding hydrogens is 416 g/mol. The van der Waals surface area contributed by atoms with E-state index in [0.29, 0.717) is 32.7 Å². The monoisotopic (exact) mass is 456 g/mol. The average molecular weight is 457 g/mol. The maximum absolute atomic E-state index is 13.3. The van der Waals surface area contributed by atoms with Crippen molar-refractivity contribution in [2.75, 3.05) is 26.8 Å². The normalized spacial score (nSPS) is 10.9. The Kier molecular flexibility index (Phi) is 12.3. The lowest BCUT2D eigenvalue weighted by atomic mass is 10.1. The molecule has 0 aliphatic heterocycles. The molecule has 6 heteroatoms. The smallest absolute Gasteiger partial charge is 0.242 e. The first-order chi connectivity index (χ1) is 16.0. The number of benzene rings is 1. The molecular formula is C27H40N2O4. The van der Waals surface area contributed by atoms with Crippen LogP contribution in [0.1, 0.15) is 69.0 Å². The maximum Gasteiger partial charge on any atom is 0.242 e. The highest BCUT2D eigenvalue weighted by atomic mass is 16.5. The molecule has 0 aliphatic rings. The van der Waals surface area contributed by atoms with Crippen molar-refractivity contribution in [3.8, 4) is 0 Å². The molecule has 1 aromatic heterocycles. The summed E-state index contributed by atoms with van der Waals surface area (Å²) in [6.07, 6.45) is 7.22. The van der Waals surface area contributed by atoms with Crippen LogP contribution < -0.4 is 0 Å². The molecule has 0 atom stereocenters. The summed E-state index contributed by atoms with van der Waals surface area (Å²) in [7, 11) is 1.61. The zero-order valence-corrected chi connectivity index (χ0v) is 20.6. The summed E-state index contributed by atoms with van der Waals surface area (Å²) < 4.78 is 10.9. The summed E-state index contributed by atoms with van der Waals surface area (Å²) in [5.74, 6) is 1.47. The molecule has 0 unspecified atom stereocenters. The van der Waals surface area contributed by atoms with Gasteiger partial charge in [0.15, 0.2) is 0 Å². The molecule has 2 amide bonds. The van der Waals surface area contributed by atoms with Crippen LogP contribution in [0.25, 0.3) is 0 Å². The SMILES string of the molecule is CCCCCCCCC(=O)N(CCOC)CC(=O)N(Cc1ccccc1)Cc1ccc(C)o1. The number of unbranched alkanes of at least 4 members (excludes halogenated alkanes) is 5. The number of ether oxygens (including phenoxy) is 1. The molecule has 0 saturated carbocycles. The number of rotatable bonds is 16. The third-order valence-corrected chi connectivity index (χ3v) is 5.70. The van der Waals surface area contributed by atoms with Gasteiger partial charge in [-0.05, 0) is 31.0 Å². The van der Waals surface area contributed by atoms with Gasteiger partial charge in [0.2, 0.25) is 11.8 Å². The molecule has 182 valence electrons. The van der Waals surface area contributed by atoms with E-state index in [1.807, 2.05) is 49.4 Å². The van der Waals surface area contributed by atoms with Gasteiger partial charge in [-0.2, -0.15) is 0 Å². The largest absolute Gasteiger partial charge is 0.464 e. The summed E-state index contributed by atoms with van der Waals surface area (Å²) in [4.78, 5) is 29.6. The number of methoxy groups -OCH3 is 1. The predicted octanol–water partition coefficient (Wildman–Crippen LogP) is 5.34.